The molecule has 0 radical (unpaired) electrons. The second-order valence-electron chi connectivity index (χ2n) is 7.30. The number of fused-ring (bicyclic) bond motifs is 3. The lowest BCUT2D eigenvalue weighted by molar-refractivity contribution is -0.384. The highest BCUT2D eigenvalue weighted by Crippen LogP contribution is 2.54. The zero-order chi connectivity index (χ0) is 19.5. The summed E-state index contributed by atoms with van der Waals surface area (Å²) in [5, 5.41) is 22.8. The van der Waals surface area contributed by atoms with E-state index in [2.05, 4.69) is 53.9 Å². The molecule has 2 aliphatic rings. The molecule has 140 valence electrons. The van der Waals surface area contributed by atoms with E-state index in [-0.39, 0.29) is 22.6 Å². The van der Waals surface area contributed by atoms with Crippen LogP contribution in [-0.2, 0) is 0 Å². The highest BCUT2D eigenvalue weighted by Gasteiger charge is 2.46. The molecule has 3 aromatic carbocycles. The van der Waals surface area contributed by atoms with Gasteiger partial charge in [-0.05, 0) is 45.5 Å². The van der Waals surface area contributed by atoms with Crippen molar-refractivity contribution in [3.05, 3.63) is 104 Å². The number of nitro groups is 1. The average molecular weight is 397 g/mol. The van der Waals surface area contributed by atoms with Crippen molar-refractivity contribution in [1.29, 1.82) is 0 Å². The van der Waals surface area contributed by atoms with Gasteiger partial charge in [0.15, 0.2) is 0 Å². The monoisotopic (exact) mass is 397 g/mol. The van der Waals surface area contributed by atoms with E-state index >= 15 is 0 Å². The van der Waals surface area contributed by atoms with Gasteiger partial charge in [0.05, 0.1) is 33.2 Å². The van der Waals surface area contributed by atoms with Gasteiger partial charge in [0.2, 0.25) is 0 Å². The Labute approximate surface area is 170 Å². The van der Waals surface area contributed by atoms with Gasteiger partial charge in [0, 0.05) is 12.1 Å². The smallest absolute Gasteiger partial charge is 0.258 e. The van der Waals surface area contributed by atoms with Crippen molar-refractivity contribution < 1.29 is 4.92 Å². The minimum atomic E-state index is -0.372. The van der Waals surface area contributed by atoms with Gasteiger partial charge in [-0.25, -0.2) is 0 Å². The molecule has 2 atom stereocenters. The van der Waals surface area contributed by atoms with Crippen LogP contribution < -0.4 is 5.01 Å². The first kappa shape index (κ1) is 16.4. The Morgan fingerprint density at radius 1 is 0.931 bits per heavy atom. The van der Waals surface area contributed by atoms with Crippen molar-refractivity contribution in [2.24, 2.45) is 5.10 Å². The lowest BCUT2D eigenvalue weighted by atomic mass is 9.91. The summed E-state index contributed by atoms with van der Waals surface area (Å²) in [6.07, 6.45) is 0. The van der Waals surface area contributed by atoms with Gasteiger partial charge in [0.25, 0.3) is 5.69 Å². The standard InChI is InChI=1S/C23H15N3O2S/c27-26(28)16-11-9-15(10-12-16)25-23-18-7-2-5-14-4-1-6-17(20(14)18)21(23)22(24-25)19-8-3-13-29-19/h1-13,21,23H. The Kier molecular flexibility index (Phi) is 3.40. The van der Waals surface area contributed by atoms with Crippen LogP contribution in [0, 0.1) is 10.1 Å². The van der Waals surface area contributed by atoms with Crippen LogP contribution in [0.1, 0.15) is 28.0 Å². The molecule has 0 spiro atoms. The van der Waals surface area contributed by atoms with Crippen LogP contribution in [0.25, 0.3) is 10.8 Å². The van der Waals surface area contributed by atoms with E-state index in [1.807, 2.05) is 5.01 Å². The summed E-state index contributed by atoms with van der Waals surface area (Å²) in [6, 6.07) is 23.8. The number of rotatable bonds is 3. The highest BCUT2D eigenvalue weighted by molar-refractivity contribution is 7.12. The van der Waals surface area contributed by atoms with E-state index in [9.17, 15) is 10.1 Å². The van der Waals surface area contributed by atoms with E-state index in [4.69, 9.17) is 5.10 Å². The van der Waals surface area contributed by atoms with E-state index in [0.717, 1.165) is 16.3 Å². The van der Waals surface area contributed by atoms with Gasteiger partial charge >= 0.3 is 0 Å². The predicted molar refractivity (Wildman–Crippen MR) is 116 cm³/mol. The maximum absolute atomic E-state index is 11.1. The molecule has 1 aromatic heterocycles. The van der Waals surface area contributed by atoms with Crippen LogP contribution in [0.5, 0.6) is 0 Å². The van der Waals surface area contributed by atoms with Gasteiger partial charge < -0.3 is 0 Å². The summed E-state index contributed by atoms with van der Waals surface area (Å²) in [5.74, 6) is 0.143. The number of hydrazone groups is 1. The molecule has 2 unspecified atom stereocenters. The molecule has 0 saturated heterocycles. The Hall–Kier alpha value is -3.51. The highest BCUT2D eigenvalue weighted by atomic mass is 32.1. The van der Waals surface area contributed by atoms with Crippen LogP contribution in [0.3, 0.4) is 0 Å². The zero-order valence-electron chi connectivity index (χ0n) is 15.2. The molecule has 6 rings (SSSR count). The normalized spacial score (nSPS) is 19.4. The van der Waals surface area contributed by atoms with Crippen molar-refractivity contribution in [1.82, 2.24) is 0 Å². The molecule has 0 saturated carbocycles. The molecule has 0 N–H and O–H groups in total. The van der Waals surface area contributed by atoms with Crippen LogP contribution in [0.15, 0.2) is 83.3 Å². The molecule has 6 heteroatoms. The van der Waals surface area contributed by atoms with Crippen molar-refractivity contribution in [3.63, 3.8) is 0 Å². The van der Waals surface area contributed by atoms with E-state index in [1.54, 1.807) is 35.6 Å². The van der Waals surface area contributed by atoms with Crippen molar-refractivity contribution >= 4 is 39.2 Å². The molecule has 4 aromatic rings. The summed E-state index contributed by atoms with van der Waals surface area (Å²) in [6.45, 7) is 0. The van der Waals surface area contributed by atoms with Crippen LogP contribution >= 0.6 is 11.3 Å². The van der Waals surface area contributed by atoms with Gasteiger partial charge in [-0.2, -0.15) is 5.10 Å². The van der Waals surface area contributed by atoms with Crippen molar-refractivity contribution in [2.75, 3.05) is 5.01 Å². The maximum atomic E-state index is 11.1. The quantitative estimate of drug-likeness (QED) is 0.321. The fraction of sp³-hybridized carbons (Fsp3) is 0.0870. The summed E-state index contributed by atoms with van der Waals surface area (Å²) in [7, 11) is 0. The summed E-state index contributed by atoms with van der Waals surface area (Å²) in [4.78, 5) is 11.9. The predicted octanol–water partition coefficient (Wildman–Crippen LogP) is 5.87. The van der Waals surface area contributed by atoms with Crippen molar-refractivity contribution in [3.8, 4) is 0 Å². The topological polar surface area (TPSA) is 58.7 Å². The van der Waals surface area contributed by atoms with E-state index < -0.39 is 0 Å². The summed E-state index contributed by atoms with van der Waals surface area (Å²) >= 11 is 1.69. The van der Waals surface area contributed by atoms with Crippen LogP contribution in [0.2, 0.25) is 0 Å². The molecule has 29 heavy (non-hydrogen) atoms. The molecule has 2 heterocycles. The second kappa shape index (κ2) is 5.99. The zero-order valence-corrected chi connectivity index (χ0v) is 16.0. The van der Waals surface area contributed by atoms with Gasteiger partial charge in [0.1, 0.15) is 0 Å². The lowest BCUT2D eigenvalue weighted by Crippen LogP contribution is -2.20. The first-order chi connectivity index (χ1) is 14.2. The average Bonchev–Trinajstić information content (AvgIpc) is 3.46. The molecular weight excluding hydrogens is 382 g/mol. The molecule has 1 aliphatic carbocycles. The SMILES string of the molecule is O=[N+]([O-])c1ccc(N2N=C(c3cccs3)C3c4cccc5cccc(c45)C32)cc1. The number of nitrogens with zero attached hydrogens (tertiary/aromatic N) is 3. The number of hydrogen-bond acceptors (Lipinski definition) is 5. The number of non-ortho nitro benzene ring substituents is 1. The molecule has 0 fully saturated rings. The third kappa shape index (κ3) is 2.29. The summed E-state index contributed by atoms with van der Waals surface area (Å²) < 4.78 is 0. The third-order valence-corrected chi connectivity index (χ3v) is 6.70. The number of thiophene rings is 1. The number of anilines is 1. The minimum Gasteiger partial charge on any atom is -0.258 e. The van der Waals surface area contributed by atoms with Crippen LogP contribution in [0.4, 0.5) is 11.4 Å². The Morgan fingerprint density at radius 2 is 1.69 bits per heavy atom. The summed E-state index contributed by atoms with van der Waals surface area (Å²) in [5.41, 5.74) is 4.58. The maximum Gasteiger partial charge on any atom is 0.269 e. The van der Waals surface area contributed by atoms with Gasteiger partial charge in [-0.1, -0.05) is 42.5 Å². The Balaban J connectivity index is 1.56. The fourth-order valence-electron chi connectivity index (χ4n) is 4.64. The second-order valence-corrected chi connectivity index (χ2v) is 8.24. The molecule has 0 amide bonds. The minimum absolute atomic E-state index is 0.0506. The third-order valence-electron chi connectivity index (χ3n) is 5.81. The molecule has 5 nitrogen and oxygen atoms in total. The Bertz CT molecular complexity index is 1290. The van der Waals surface area contributed by atoms with E-state index in [0.29, 0.717) is 0 Å². The van der Waals surface area contributed by atoms with Gasteiger partial charge in [-0.3, -0.25) is 15.1 Å². The number of hydrogen-bond donors (Lipinski definition) is 0. The van der Waals surface area contributed by atoms with Crippen LogP contribution in [-0.4, -0.2) is 10.6 Å². The molecule has 0 bridgehead atoms. The number of nitro benzene ring substituents is 1. The fourth-order valence-corrected chi connectivity index (χ4v) is 5.39. The molecule has 1 aliphatic heterocycles. The first-order valence-electron chi connectivity index (χ1n) is 9.40. The molecular formula is C23H15N3O2S. The first-order valence-corrected chi connectivity index (χ1v) is 10.3. The van der Waals surface area contributed by atoms with Crippen molar-refractivity contribution in [2.45, 2.75) is 12.0 Å². The largest absolute Gasteiger partial charge is 0.269 e. The number of benzene rings is 3. The lowest BCUT2D eigenvalue weighted by Gasteiger charge is -2.24. The van der Waals surface area contributed by atoms with Gasteiger partial charge in [-0.15, -0.1) is 11.3 Å². The van der Waals surface area contributed by atoms with E-state index in [1.165, 1.54) is 21.9 Å². The Morgan fingerprint density at radius 3 is 2.38 bits per heavy atom.